The van der Waals surface area contributed by atoms with Crippen LogP contribution in [0.3, 0.4) is 0 Å². The predicted octanol–water partition coefficient (Wildman–Crippen LogP) is -0.710. The molecule has 80 valence electrons. The van der Waals surface area contributed by atoms with E-state index >= 15 is 0 Å². The molecule has 0 aromatic heterocycles. The average Bonchev–Trinajstić information content (AvgIpc) is 1.93. The van der Waals surface area contributed by atoms with Gasteiger partial charge in [0.1, 0.15) is 0 Å². The van der Waals surface area contributed by atoms with Gasteiger partial charge < -0.3 is 10.1 Å². The van der Waals surface area contributed by atoms with Gasteiger partial charge in [0.05, 0.1) is 18.5 Å². The Morgan fingerprint density at radius 2 is 2.00 bits per heavy atom. The van der Waals surface area contributed by atoms with Gasteiger partial charge in [-0.05, 0) is 13.8 Å². The largest absolute Gasteiger partial charge is 0.377 e. The Labute approximate surface area is 79.7 Å². The molecule has 0 bridgehead atoms. The van der Waals surface area contributed by atoms with E-state index in [4.69, 9.17) is 9.88 Å². The molecular formula is C7H18N2O3S. The highest BCUT2D eigenvalue weighted by Crippen LogP contribution is 1.84. The number of ether oxygens (including phenoxy) is 1. The number of sulfonamides is 1. The summed E-state index contributed by atoms with van der Waals surface area (Å²) in [5.41, 5.74) is 0. The third-order valence-corrected chi connectivity index (χ3v) is 2.07. The minimum atomic E-state index is -3.33. The van der Waals surface area contributed by atoms with Crippen molar-refractivity contribution in [2.45, 2.75) is 20.0 Å². The molecule has 0 aromatic carbocycles. The highest BCUT2D eigenvalue weighted by Gasteiger charge is 2.00. The molecule has 0 spiro atoms. The minimum Gasteiger partial charge on any atom is -0.377 e. The van der Waals surface area contributed by atoms with E-state index in [9.17, 15) is 8.42 Å². The fourth-order valence-electron chi connectivity index (χ4n) is 0.706. The topological polar surface area (TPSA) is 81.4 Å². The highest BCUT2D eigenvalue weighted by molar-refractivity contribution is 7.89. The van der Waals surface area contributed by atoms with Crippen molar-refractivity contribution in [3.05, 3.63) is 0 Å². The monoisotopic (exact) mass is 210 g/mol. The van der Waals surface area contributed by atoms with E-state index in [0.717, 1.165) is 0 Å². The smallest absolute Gasteiger partial charge is 0.210 e. The van der Waals surface area contributed by atoms with E-state index in [1.54, 1.807) is 0 Å². The fourth-order valence-corrected chi connectivity index (χ4v) is 1.14. The van der Waals surface area contributed by atoms with Crippen LogP contribution in [0.2, 0.25) is 0 Å². The maximum atomic E-state index is 10.5. The van der Waals surface area contributed by atoms with Crippen molar-refractivity contribution in [1.29, 1.82) is 0 Å². The first-order valence-corrected chi connectivity index (χ1v) is 5.96. The molecule has 0 aliphatic carbocycles. The van der Waals surface area contributed by atoms with Gasteiger partial charge in [-0.2, -0.15) is 0 Å². The van der Waals surface area contributed by atoms with Crippen LogP contribution in [-0.2, 0) is 14.8 Å². The first-order chi connectivity index (χ1) is 5.92. The predicted molar refractivity (Wildman–Crippen MR) is 51.9 cm³/mol. The SMILES string of the molecule is CC(C)OCCNCCS(N)(=O)=O. The molecule has 0 amide bonds. The van der Waals surface area contributed by atoms with Gasteiger partial charge in [-0.25, -0.2) is 13.6 Å². The number of primary sulfonamides is 1. The van der Waals surface area contributed by atoms with E-state index < -0.39 is 10.0 Å². The summed E-state index contributed by atoms with van der Waals surface area (Å²) < 4.78 is 26.2. The Morgan fingerprint density at radius 1 is 1.38 bits per heavy atom. The Morgan fingerprint density at radius 3 is 2.46 bits per heavy atom. The van der Waals surface area contributed by atoms with Crippen molar-refractivity contribution in [3.63, 3.8) is 0 Å². The van der Waals surface area contributed by atoms with Crippen LogP contribution in [0.15, 0.2) is 0 Å². The zero-order valence-corrected chi connectivity index (χ0v) is 8.93. The fraction of sp³-hybridized carbons (Fsp3) is 1.00. The molecule has 0 atom stereocenters. The van der Waals surface area contributed by atoms with Crippen molar-refractivity contribution in [3.8, 4) is 0 Å². The van der Waals surface area contributed by atoms with Crippen LogP contribution >= 0.6 is 0 Å². The molecule has 3 N–H and O–H groups in total. The Balaban J connectivity index is 3.18. The molecule has 0 aromatic rings. The Kier molecular flexibility index (Phi) is 6.23. The van der Waals surface area contributed by atoms with Crippen LogP contribution in [0.4, 0.5) is 0 Å². The summed E-state index contributed by atoms with van der Waals surface area (Å²) in [5.74, 6) is -0.0331. The maximum Gasteiger partial charge on any atom is 0.210 e. The molecular weight excluding hydrogens is 192 g/mol. The third kappa shape index (κ3) is 11.8. The zero-order valence-electron chi connectivity index (χ0n) is 8.12. The van der Waals surface area contributed by atoms with Crippen LogP contribution in [0.1, 0.15) is 13.8 Å². The van der Waals surface area contributed by atoms with Crippen LogP contribution in [0, 0.1) is 0 Å². The summed E-state index contributed by atoms with van der Waals surface area (Å²) in [6.45, 7) is 5.50. The van der Waals surface area contributed by atoms with Crippen LogP contribution in [-0.4, -0.2) is 40.0 Å². The lowest BCUT2D eigenvalue weighted by Crippen LogP contribution is -2.29. The number of nitrogens with two attached hydrogens (primary N) is 1. The van der Waals surface area contributed by atoms with Crippen LogP contribution in [0.5, 0.6) is 0 Å². The highest BCUT2D eigenvalue weighted by atomic mass is 32.2. The van der Waals surface area contributed by atoms with Gasteiger partial charge in [0.2, 0.25) is 10.0 Å². The lowest BCUT2D eigenvalue weighted by molar-refractivity contribution is 0.0811. The summed E-state index contributed by atoms with van der Waals surface area (Å²) in [5, 5.41) is 7.71. The number of nitrogens with one attached hydrogen (secondary N) is 1. The zero-order chi connectivity index (χ0) is 10.3. The molecule has 13 heavy (non-hydrogen) atoms. The first kappa shape index (κ1) is 12.8. The summed E-state index contributed by atoms with van der Waals surface area (Å²) >= 11 is 0. The molecule has 6 heteroatoms. The van der Waals surface area contributed by atoms with Gasteiger partial charge in [-0.3, -0.25) is 0 Å². The van der Waals surface area contributed by atoms with Crippen molar-refractivity contribution < 1.29 is 13.2 Å². The average molecular weight is 210 g/mol. The van der Waals surface area contributed by atoms with E-state index in [-0.39, 0.29) is 11.9 Å². The lowest BCUT2D eigenvalue weighted by Gasteiger charge is -2.07. The van der Waals surface area contributed by atoms with Gasteiger partial charge in [-0.15, -0.1) is 0 Å². The van der Waals surface area contributed by atoms with Crippen molar-refractivity contribution in [2.24, 2.45) is 5.14 Å². The molecule has 0 fully saturated rings. The number of hydrogen-bond donors (Lipinski definition) is 2. The van der Waals surface area contributed by atoms with E-state index in [2.05, 4.69) is 5.32 Å². The standard InChI is InChI=1S/C7H18N2O3S/c1-7(2)12-5-3-9-4-6-13(8,10)11/h7,9H,3-6H2,1-2H3,(H2,8,10,11). The van der Waals surface area contributed by atoms with Crippen LogP contribution < -0.4 is 10.5 Å². The Bertz CT molecular complexity index is 214. The molecule has 0 saturated heterocycles. The van der Waals surface area contributed by atoms with E-state index in [0.29, 0.717) is 19.7 Å². The van der Waals surface area contributed by atoms with Gasteiger partial charge in [0, 0.05) is 13.1 Å². The van der Waals surface area contributed by atoms with Crippen molar-refractivity contribution in [2.75, 3.05) is 25.4 Å². The molecule has 0 aliphatic heterocycles. The summed E-state index contributed by atoms with van der Waals surface area (Å²) in [6, 6.07) is 0. The van der Waals surface area contributed by atoms with Gasteiger partial charge in [0.15, 0.2) is 0 Å². The van der Waals surface area contributed by atoms with Gasteiger partial charge in [-0.1, -0.05) is 0 Å². The minimum absolute atomic E-state index is 0.0331. The molecule has 0 aliphatic rings. The maximum absolute atomic E-state index is 10.5. The molecule has 0 unspecified atom stereocenters. The molecule has 5 nitrogen and oxygen atoms in total. The Hall–Kier alpha value is -0.170. The molecule has 0 heterocycles. The number of rotatable bonds is 7. The summed E-state index contributed by atoms with van der Waals surface area (Å²) in [7, 11) is -3.33. The normalized spacial score (nSPS) is 12.3. The second-order valence-corrected chi connectivity index (χ2v) is 4.77. The quantitative estimate of drug-likeness (QED) is 0.544. The first-order valence-electron chi connectivity index (χ1n) is 4.24. The van der Waals surface area contributed by atoms with Crippen LogP contribution in [0.25, 0.3) is 0 Å². The molecule has 0 rings (SSSR count). The second-order valence-electron chi connectivity index (χ2n) is 3.04. The van der Waals surface area contributed by atoms with Crippen molar-refractivity contribution in [1.82, 2.24) is 5.32 Å². The molecule has 0 radical (unpaired) electrons. The van der Waals surface area contributed by atoms with E-state index in [1.807, 2.05) is 13.8 Å². The summed E-state index contributed by atoms with van der Waals surface area (Å²) in [6.07, 6.45) is 0.208. The molecule has 0 saturated carbocycles. The van der Waals surface area contributed by atoms with E-state index in [1.165, 1.54) is 0 Å². The summed E-state index contributed by atoms with van der Waals surface area (Å²) in [4.78, 5) is 0. The van der Waals surface area contributed by atoms with Gasteiger partial charge in [0.25, 0.3) is 0 Å². The van der Waals surface area contributed by atoms with Crippen molar-refractivity contribution >= 4 is 10.0 Å². The lowest BCUT2D eigenvalue weighted by atomic mass is 10.5. The third-order valence-electron chi connectivity index (χ3n) is 1.29. The second kappa shape index (κ2) is 6.31. The number of hydrogen-bond acceptors (Lipinski definition) is 4. The van der Waals surface area contributed by atoms with Gasteiger partial charge >= 0.3 is 0 Å².